The molecule has 6 rings (SSSR count). The van der Waals surface area contributed by atoms with Crippen LogP contribution >= 0.6 is 0 Å². The number of carbonyl (C=O) groups is 1. The Morgan fingerprint density at radius 2 is 1.77 bits per heavy atom. The van der Waals surface area contributed by atoms with Crippen LogP contribution in [0.2, 0.25) is 0 Å². The Morgan fingerprint density at radius 3 is 2.45 bits per heavy atom. The Morgan fingerprint density at radius 1 is 1.09 bits per heavy atom. The molecule has 0 unspecified atom stereocenters. The summed E-state index contributed by atoms with van der Waals surface area (Å²) in [7, 11) is 3.28. The molecule has 4 atom stereocenters. The summed E-state index contributed by atoms with van der Waals surface area (Å²) in [5.41, 5.74) is -0.0585. The Hall–Kier alpha value is -1.49. The van der Waals surface area contributed by atoms with E-state index in [1.54, 1.807) is 14.2 Å². The van der Waals surface area contributed by atoms with E-state index < -0.39 is 17.0 Å². The van der Waals surface area contributed by atoms with Gasteiger partial charge in [0.05, 0.1) is 0 Å². The molecule has 114 valence electrons. The van der Waals surface area contributed by atoms with Gasteiger partial charge in [0.25, 0.3) is 0 Å². The lowest BCUT2D eigenvalue weighted by Crippen LogP contribution is -2.64. The minimum absolute atomic E-state index is 0.0897. The minimum atomic E-state index is -1.02. The molecule has 0 spiro atoms. The van der Waals surface area contributed by atoms with Crippen molar-refractivity contribution in [2.45, 2.75) is 29.8 Å². The largest absolute Gasteiger partial charge is 0.347 e. The molecule has 2 fully saturated rings. The lowest BCUT2D eigenvalue weighted by Gasteiger charge is -2.50. The van der Waals surface area contributed by atoms with Gasteiger partial charge in [0.2, 0.25) is 5.79 Å². The molecule has 1 saturated carbocycles. The Balaban J connectivity index is 1.87. The lowest BCUT2D eigenvalue weighted by molar-refractivity contribution is -0.268. The third kappa shape index (κ3) is 0.995. The van der Waals surface area contributed by atoms with Crippen LogP contribution in [0.15, 0.2) is 36.4 Å². The molecule has 4 aliphatic carbocycles. The first-order valence-corrected chi connectivity index (χ1v) is 7.81. The molecule has 4 heteroatoms. The third-order valence-corrected chi connectivity index (χ3v) is 6.17. The summed E-state index contributed by atoms with van der Waals surface area (Å²) in [6, 6.07) is 7.58. The third-order valence-electron chi connectivity index (χ3n) is 6.17. The summed E-state index contributed by atoms with van der Waals surface area (Å²) in [5, 5.41) is 0. The Kier molecular flexibility index (Phi) is 2.19. The topological polar surface area (TPSA) is 48.1 Å². The maximum absolute atomic E-state index is 13.2. The normalized spacial score (nSPS) is 42.5. The predicted octanol–water partition coefficient (Wildman–Crippen LogP) is 2.43. The van der Waals surface area contributed by atoms with Crippen LogP contribution in [0.3, 0.4) is 0 Å². The molecule has 22 heavy (non-hydrogen) atoms. The van der Waals surface area contributed by atoms with Gasteiger partial charge in [-0.3, -0.25) is 4.79 Å². The number of epoxide rings is 1. The first-order valence-electron chi connectivity index (χ1n) is 7.81. The Labute approximate surface area is 129 Å². The zero-order valence-electron chi connectivity index (χ0n) is 12.7. The molecular weight excluding hydrogens is 280 g/mol. The predicted molar refractivity (Wildman–Crippen MR) is 78.4 cm³/mol. The molecule has 1 aliphatic heterocycles. The van der Waals surface area contributed by atoms with Crippen molar-refractivity contribution >= 4 is 5.78 Å². The molecule has 1 aromatic carbocycles. The maximum atomic E-state index is 13.2. The van der Waals surface area contributed by atoms with E-state index >= 15 is 0 Å². The van der Waals surface area contributed by atoms with Gasteiger partial charge in [-0.1, -0.05) is 36.4 Å². The second kappa shape index (κ2) is 3.70. The molecule has 0 N–H and O–H groups in total. The number of methoxy groups -OCH3 is 2. The van der Waals surface area contributed by atoms with Crippen molar-refractivity contribution in [1.29, 1.82) is 0 Å². The first kappa shape index (κ1) is 13.0. The number of benzene rings is 1. The number of hydrogen-bond acceptors (Lipinski definition) is 4. The van der Waals surface area contributed by atoms with Gasteiger partial charge in [0.1, 0.15) is 0 Å². The van der Waals surface area contributed by atoms with Crippen LogP contribution in [-0.4, -0.2) is 31.2 Å². The van der Waals surface area contributed by atoms with Crippen molar-refractivity contribution in [3.05, 3.63) is 47.5 Å². The van der Waals surface area contributed by atoms with Crippen molar-refractivity contribution in [2.24, 2.45) is 11.8 Å². The van der Waals surface area contributed by atoms with Crippen LogP contribution < -0.4 is 0 Å². The molecule has 5 aliphatic rings. The molecule has 0 radical (unpaired) electrons. The van der Waals surface area contributed by atoms with Gasteiger partial charge in [-0.05, 0) is 12.8 Å². The second-order valence-electron chi connectivity index (χ2n) is 6.65. The van der Waals surface area contributed by atoms with Crippen LogP contribution in [-0.2, 0) is 20.0 Å². The number of rotatable bonds is 2. The van der Waals surface area contributed by atoms with E-state index in [-0.39, 0.29) is 17.6 Å². The molecule has 1 heterocycles. The molecule has 0 aromatic heterocycles. The van der Waals surface area contributed by atoms with E-state index in [0.717, 1.165) is 18.4 Å². The van der Waals surface area contributed by atoms with Crippen molar-refractivity contribution < 1.29 is 19.0 Å². The smallest absolute Gasteiger partial charge is 0.229 e. The van der Waals surface area contributed by atoms with Gasteiger partial charge in [-0.2, -0.15) is 0 Å². The van der Waals surface area contributed by atoms with Crippen LogP contribution in [0.5, 0.6) is 0 Å². The van der Waals surface area contributed by atoms with E-state index in [1.165, 1.54) is 0 Å². The average molecular weight is 298 g/mol. The quantitative estimate of drug-likeness (QED) is 0.478. The molecule has 1 aromatic rings. The van der Waals surface area contributed by atoms with Crippen molar-refractivity contribution in [3.8, 4) is 0 Å². The molecule has 2 bridgehead atoms. The number of ketones is 1. The highest BCUT2D eigenvalue weighted by atomic mass is 16.8. The average Bonchev–Trinajstić information content (AvgIpc) is 3.33. The van der Waals surface area contributed by atoms with Crippen LogP contribution in [0.4, 0.5) is 0 Å². The van der Waals surface area contributed by atoms with Crippen molar-refractivity contribution in [3.63, 3.8) is 0 Å². The highest BCUT2D eigenvalue weighted by Crippen LogP contribution is 2.75. The monoisotopic (exact) mass is 298 g/mol. The van der Waals surface area contributed by atoms with Crippen molar-refractivity contribution in [1.82, 2.24) is 0 Å². The summed E-state index contributed by atoms with van der Waals surface area (Å²) >= 11 is 0. The fourth-order valence-electron chi connectivity index (χ4n) is 5.34. The van der Waals surface area contributed by atoms with Gasteiger partial charge in [0.15, 0.2) is 17.0 Å². The minimum Gasteiger partial charge on any atom is -0.347 e. The molecular formula is C18H18O4. The fourth-order valence-corrected chi connectivity index (χ4v) is 5.34. The zero-order chi connectivity index (χ0) is 15.2. The summed E-state index contributed by atoms with van der Waals surface area (Å²) in [4.78, 5) is 13.2. The van der Waals surface area contributed by atoms with E-state index in [4.69, 9.17) is 14.2 Å². The summed E-state index contributed by atoms with van der Waals surface area (Å²) in [6.07, 6.45) is 6.34. The number of hydrogen-bond donors (Lipinski definition) is 0. The van der Waals surface area contributed by atoms with Gasteiger partial charge >= 0.3 is 0 Å². The van der Waals surface area contributed by atoms with Gasteiger partial charge in [0, 0.05) is 37.2 Å². The number of carbonyl (C=O) groups excluding carboxylic acids is 1. The summed E-state index contributed by atoms with van der Waals surface area (Å²) in [5.74, 6) is -0.671. The number of Topliss-reactive ketones (excluding diaryl/α,β-unsaturated/α-hetero) is 1. The second-order valence-corrected chi connectivity index (χ2v) is 6.65. The summed E-state index contributed by atoms with van der Waals surface area (Å²) < 4.78 is 18.2. The van der Waals surface area contributed by atoms with Gasteiger partial charge < -0.3 is 14.2 Å². The van der Waals surface area contributed by atoms with Crippen LogP contribution in [0.1, 0.15) is 28.8 Å². The van der Waals surface area contributed by atoms with Crippen LogP contribution in [0, 0.1) is 11.8 Å². The first-order chi connectivity index (χ1) is 10.7. The highest BCUT2D eigenvalue weighted by molar-refractivity contribution is 6.09. The van der Waals surface area contributed by atoms with Crippen LogP contribution in [0.25, 0.3) is 0 Å². The molecule has 1 saturated heterocycles. The van der Waals surface area contributed by atoms with Crippen molar-refractivity contribution in [2.75, 3.05) is 14.2 Å². The Bertz CT molecular complexity index is 720. The molecule has 4 nitrogen and oxygen atoms in total. The van der Waals surface area contributed by atoms with Gasteiger partial charge in [-0.15, -0.1) is 0 Å². The van der Waals surface area contributed by atoms with E-state index in [0.29, 0.717) is 5.56 Å². The summed E-state index contributed by atoms with van der Waals surface area (Å²) in [6.45, 7) is 0. The zero-order valence-corrected chi connectivity index (χ0v) is 12.7. The number of ether oxygens (including phenoxy) is 3. The highest BCUT2D eigenvalue weighted by Gasteiger charge is 2.91. The molecule has 0 amide bonds. The lowest BCUT2D eigenvalue weighted by atomic mass is 9.54. The number of fused-ring (bicyclic) bond motifs is 2. The fraction of sp³-hybridized carbons (Fsp3) is 0.500. The maximum Gasteiger partial charge on any atom is 0.229 e. The standard InChI is InChI=1S/C18H18O4/c1-20-18(21-2)14-6-4-3-5-13(14)15(19)16-11-7-9-12(10-8-11)17(16,18)22-16/h3-7,9,11-12H,8,10H2,1-2H3/t11-,12-,16+,17+/m0/s1. The SMILES string of the molecule is COC1(OC)c2ccccc2C(=O)[C@@]23O[C@@]12[C@H]1C=C[C@H]3CC1. The van der Waals surface area contributed by atoms with E-state index in [1.807, 2.05) is 24.3 Å². The van der Waals surface area contributed by atoms with E-state index in [2.05, 4.69) is 12.2 Å². The van der Waals surface area contributed by atoms with E-state index in [9.17, 15) is 4.79 Å². The van der Waals surface area contributed by atoms with Gasteiger partial charge in [-0.25, -0.2) is 0 Å².